The molecule has 1 atom stereocenters. The van der Waals surface area contributed by atoms with E-state index in [-0.39, 0.29) is 5.91 Å². The number of nitrogens with one attached hydrogen (secondary N) is 1. The summed E-state index contributed by atoms with van der Waals surface area (Å²) in [6.45, 7) is 3.39. The molecule has 0 aliphatic rings. The van der Waals surface area contributed by atoms with Crippen molar-refractivity contribution in [2.45, 2.75) is 30.4 Å². The number of rotatable bonds is 5. The van der Waals surface area contributed by atoms with Gasteiger partial charge in [-0.15, -0.1) is 11.8 Å². The van der Waals surface area contributed by atoms with Gasteiger partial charge in [0.2, 0.25) is 5.91 Å². The zero-order valence-electron chi connectivity index (χ0n) is 9.77. The molecule has 1 rings (SSSR count). The summed E-state index contributed by atoms with van der Waals surface area (Å²) in [5.41, 5.74) is 0.664. The molecule has 0 spiro atoms. The standard InChI is InChI=1S/C12H15NO3S/c1-3-11(14)13-9-6-4-5-7-10(9)17-8(2)12(15)16/h4-8H,3H2,1-2H3,(H,13,14)(H,15,16)/t8-/m1/s1. The van der Waals surface area contributed by atoms with E-state index in [0.717, 1.165) is 4.90 Å². The Hall–Kier alpha value is -1.49. The van der Waals surface area contributed by atoms with Gasteiger partial charge in [-0.3, -0.25) is 9.59 Å². The van der Waals surface area contributed by atoms with Crippen LogP contribution >= 0.6 is 11.8 Å². The lowest BCUT2D eigenvalue weighted by atomic mass is 10.3. The first kappa shape index (κ1) is 13.6. The van der Waals surface area contributed by atoms with E-state index in [1.54, 1.807) is 32.0 Å². The van der Waals surface area contributed by atoms with Crippen LogP contribution in [0.1, 0.15) is 20.3 Å². The van der Waals surface area contributed by atoms with E-state index in [1.165, 1.54) is 11.8 Å². The van der Waals surface area contributed by atoms with Crippen molar-refractivity contribution in [3.05, 3.63) is 24.3 Å². The van der Waals surface area contributed by atoms with Gasteiger partial charge in [0.05, 0.1) is 5.69 Å². The Morgan fingerprint density at radius 2 is 2.06 bits per heavy atom. The number of benzene rings is 1. The summed E-state index contributed by atoms with van der Waals surface area (Å²) in [5.74, 6) is -0.951. The van der Waals surface area contributed by atoms with Crippen LogP contribution in [0.15, 0.2) is 29.2 Å². The number of hydrogen-bond donors (Lipinski definition) is 2. The smallest absolute Gasteiger partial charge is 0.316 e. The van der Waals surface area contributed by atoms with Crippen LogP contribution in [0.5, 0.6) is 0 Å². The van der Waals surface area contributed by atoms with Gasteiger partial charge in [-0.1, -0.05) is 19.1 Å². The Morgan fingerprint density at radius 3 is 2.65 bits per heavy atom. The number of carboxylic acids is 1. The highest BCUT2D eigenvalue weighted by Gasteiger charge is 2.15. The SMILES string of the molecule is CCC(=O)Nc1ccccc1S[C@H](C)C(=O)O. The number of para-hydroxylation sites is 1. The Bertz CT molecular complexity index is 420. The maximum absolute atomic E-state index is 11.3. The number of aliphatic carboxylic acids is 1. The van der Waals surface area contributed by atoms with E-state index in [0.29, 0.717) is 12.1 Å². The van der Waals surface area contributed by atoms with Crippen LogP contribution in [-0.4, -0.2) is 22.2 Å². The quantitative estimate of drug-likeness (QED) is 0.792. The van der Waals surface area contributed by atoms with Crippen molar-refractivity contribution in [3.8, 4) is 0 Å². The Kier molecular flexibility index (Phi) is 5.03. The highest BCUT2D eigenvalue weighted by molar-refractivity contribution is 8.00. The Morgan fingerprint density at radius 1 is 1.41 bits per heavy atom. The van der Waals surface area contributed by atoms with Gasteiger partial charge in [0, 0.05) is 11.3 Å². The third-order valence-corrected chi connectivity index (χ3v) is 3.30. The molecular formula is C12H15NO3S. The lowest BCUT2D eigenvalue weighted by Crippen LogP contribution is -2.13. The fraction of sp³-hybridized carbons (Fsp3) is 0.333. The molecule has 0 unspecified atom stereocenters. The predicted octanol–water partition coefficient (Wildman–Crippen LogP) is 2.60. The molecule has 0 aromatic heterocycles. The number of carboxylic acid groups (broad SMARTS) is 1. The van der Waals surface area contributed by atoms with Gasteiger partial charge in [-0.25, -0.2) is 0 Å². The summed E-state index contributed by atoms with van der Waals surface area (Å²) in [5, 5.41) is 11.1. The first-order valence-corrected chi connectivity index (χ1v) is 6.21. The molecule has 0 aliphatic heterocycles. The number of carbonyl (C=O) groups is 2. The second-order valence-corrected chi connectivity index (χ2v) is 4.88. The number of carbonyl (C=O) groups excluding carboxylic acids is 1. The molecule has 92 valence electrons. The van der Waals surface area contributed by atoms with Crippen LogP contribution in [0.3, 0.4) is 0 Å². The number of anilines is 1. The molecule has 0 aliphatic carbocycles. The van der Waals surface area contributed by atoms with Gasteiger partial charge in [0.25, 0.3) is 0 Å². The van der Waals surface area contributed by atoms with Crippen LogP contribution in [-0.2, 0) is 9.59 Å². The monoisotopic (exact) mass is 253 g/mol. The van der Waals surface area contributed by atoms with E-state index in [1.807, 2.05) is 6.07 Å². The van der Waals surface area contributed by atoms with E-state index < -0.39 is 11.2 Å². The summed E-state index contributed by atoms with van der Waals surface area (Å²) < 4.78 is 0. The first-order valence-electron chi connectivity index (χ1n) is 5.33. The van der Waals surface area contributed by atoms with Gasteiger partial charge in [-0.05, 0) is 19.1 Å². The molecule has 2 N–H and O–H groups in total. The largest absolute Gasteiger partial charge is 0.480 e. The molecule has 4 nitrogen and oxygen atoms in total. The predicted molar refractivity (Wildman–Crippen MR) is 68.3 cm³/mol. The number of hydrogen-bond acceptors (Lipinski definition) is 3. The summed E-state index contributed by atoms with van der Waals surface area (Å²) in [6, 6.07) is 7.19. The van der Waals surface area contributed by atoms with Crippen LogP contribution in [0.4, 0.5) is 5.69 Å². The second-order valence-electron chi connectivity index (χ2n) is 3.50. The molecule has 0 fully saturated rings. The van der Waals surface area contributed by atoms with Crippen molar-refractivity contribution < 1.29 is 14.7 Å². The molecular weight excluding hydrogens is 238 g/mol. The Balaban J connectivity index is 2.84. The third-order valence-electron chi connectivity index (χ3n) is 2.13. The summed E-state index contributed by atoms with van der Waals surface area (Å²) in [7, 11) is 0. The van der Waals surface area contributed by atoms with E-state index >= 15 is 0 Å². The average molecular weight is 253 g/mol. The minimum atomic E-state index is -0.869. The molecule has 0 radical (unpaired) electrons. The normalized spacial score (nSPS) is 11.9. The summed E-state index contributed by atoms with van der Waals surface area (Å²) >= 11 is 1.22. The van der Waals surface area contributed by atoms with Crippen LogP contribution in [0, 0.1) is 0 Å². The van der Waals surface area contributed by atoms with Crippen molar-refractivity contribution in [2.24, 2.45) is 0 Å². The van der Waals surface area contributed by atoms with E-state index in [4.69, 9.17) is 5.11 Å². The van der Waals surface area contributed by atoms with E-state index in [9.17, 15) is 9.59 Å². The molecule has 1 amide bonds. The van der Waals surface area contributed by atoms with Gasteiger partial charge in [0.15, 0.2) is 0 Å². The lowest BCUT2D eigenvalue weighted by molar-refractivity contribution is -0.136. The molecule has 0 bridgehead atoms. The lowest BCUT2D eigenvalue weighted by Gasteiger charge is -2.11. The van der Waals surface area contributed by atoms with Crippen LogP contribution < -0.4 is 5.32 Å². The van der Waals surface area contributed by atoms with Crippen molar-refractivity contribution in [1.82, 2.24) is 0 Å². The molecule has 0 saturated heterocycles. The second kappa shape index (κ2) is 6.30. The molecule has 1 aromatic carbocycles. The first-order chi connectivity index (χ1) is 8.04. The van der Waals surface area contributed by atoms with Gasteiger partial charge in [0.1, 0.15) is 5.25 Å². The zero-order valence-corrected chi connectivity index (χ0v) is 10.6. The topological polar surface area (TPSA) is 66.4 Å². The molecule has 0 heterocycles. The maximum atomic E-state index is 11.3. The molecule has 17 heavy (non-hydrogen) atoms. The van der Waals surface area contributed by atoms with Crippen molar-refractivity contribution in [3.63, 3.8) is 0 Å². The van der Waals surface area contributed by atoms with Gasteiger partial charge < -0.3 is 10.4 Å². The third kappa shape index (κ3) is 4.11. The number of amides is 1. The maximum Gasteiger partial charge on any atom is 0.316 e. The van der Waals surface area contributed by atoms with Gasteiger partial charge in [-0.2, -0.15) is 0 Å². The zero-order chi connectivity index (χ0) is 12.8. The minimum absolute atomic E-state index is 0.0824. The molecule has 0 saturated carbocycles. The van der Waals surface area contributed by atoms with Crippen molar-refractivity contribution in [1.29, 1.82) is 0 Å². The fourth-order valence-electron chi connectivity index (χ4n) is 1.15. The van der Waals surface area contributed by atoms with Crippen LogP contribution in [0.25, 0.3) is 0 Å². The summed E-state index contributed by atoms with van der Waals surface area (Å²) in [6.07, 6.45) is 0.396. The number of thioether (sulfide) groups is 1. The minimum Gasteiger partial charge on any atom is -0.480 e. The summed E-state index contributed by atoms with van der Waals surface area (Å²) in [4.78, 5) is 22.9. The van der Waals surface area contributed by atoms with Crippen molar-refractivity contribution >= 4 is 29.3 Å². The van der Waals surface area contributed by atoms with Crippen LogP contribution in [0.2, 0.25) is 0 Å². The highest BCUT2D eigenvalue weighted by atomic mass is 32.2. The molecule has 5 heteroatoms. The van der Waals surface area contributed by atoms with Crippen molar-refractivity contribution in [2.75, 3.05) is 5.32 Å². The van der Waals surface area contributed by atoms with Gasteiger partial charge >= 0.3 is 5.97 Å². The Labute approximate surface area is 104 Å². The molecule has 1 aromatic rings. The van der Waals surface area contributed by atoms with E-state index in [2.05, 4.69) is 5.32 Å². The highest BCUT2D eigenvalue weighted by Crippen LogP contribution is 2.30. The average Bonchev–Trinajstić information content (AvgIpc) is 2.31. The fourth-order valence-corrected chi connectivity index (χ4v) is 2.04.